The number of rotatable bonds is 3. The van der Waals surface area contributed by atoms with E-state index in [-0.39, 0.29) is 18.2 Å². The monoisotopic (exact) mass is 353 g/mol. The van der Waals surface area contributed by atoms with Crippen LogP contribution in [-0.2, 0) is 9.59 Å². The fraction of sp³-hybridized carbons (Fsp3) is 0.211. The summed E-state index contributed by atoms with van der Waals surface area (Å²) in [5, 5.41) is 12.5. The van der Waals surface area contributed by atoms with Crippen molar-refractivity contribution in [2.45, 2.75) is 13.3 Å². The Morgan fingerprint density at radius 1 is 1.32 bits per heavy atom. The highest BCUT2D eigenvalue weighted by molar-refractivity contribution is 6.30. The molecule has 0 bridgehead atoms. The Hall–Kier alpha value is -2.84. The van der Waals surface area contributed by atoms with E-state index in [0.717, 1.165) is 11.3 Å². The average molecular weight is 354 g/mol. The second kappa shape index (κ2) is 6.96. The number of hydrogen-bond donors (Lipinski definition) is 1. The maximum atomic E-state index is 12.5. The highest BCUT2D eigenvalue weighted by Gasteiger charge is 2.35. The number of nitriles is 1. The number of para-hydroxylation sites is 1. The van der Waals surface area contributed by atoms with Crippen LogP contribution in [0.1, 0.15) is 17.5 Å². The van der Waals surface area contributed by atoms with Crippen molar-refractivity contribution >= 4 is 34.8 Å². The van der Waals surface area contributed by atoms with Gasteiger partial charge in [-0.2, -0.15) is 5.26 Å². The van der Waals surface area contributed by atoms with Gasteiger partial charge in [0.05, 0.1) is 17.2 Å². The zero-order chi connectivity index (χ0) is 18.0. The van der Waals surface area contributed by atoms with E-state index >= 15 is 0 Å². The number of nitrogens with one attached hydrogen (secondary N) is 1. The van der Waals surface area contributed by atoms with Crippen molar-refractivity contribution in [2.75, 3.05) is 16.8 Å². The van der Waals surface area contributed by atoms with Gasteiger partial charge in [-0.3, -0.25) is 9.59 Å². The van der Waals surface area contributed by atoms with Crippen molar-refractivity contribution in [1.29, 1.82) is 5.26 Å². The first-order valence-corrected chi connectivity index (χ1v) is 8.24. The number of anilines is 2. The predicted molar refractivity (Wildman–Crippen MR) is 96.4 cm³/mol. The van der Waals surface area contributed by atoms with Crippen molar-refractivity contribution in [2.24, 2.45) is 5.92 Å². The summed E-state index contributed by atoms with van der Waals surface area (Å²) >= 11 is 5.96. The first-order valence-electron chi connectivity index (χ1n) is 7.86. The molecule has 0 spiro atoms. The molecule has 1 aliphatic rings. The molecule has 0 aromatic heterocycles. The molecule has 2 amide bonds. The Kier molecular flexibility index (Phi) is 4.73. The van der Waals surface area contributed by atoms with Crippen LogP contribution in [0, 0.1) is 24.2 Å². The number of halogens is 1. The molecule has 2 aromatic rings. The molecule has 1 aliphatic heterocycles. The Morgan fingerprint density at radius 2 is 2.08 bits per heavy atom. The van der Waals surface area contributed by atoms with Crippen molar-refractivity contribution in [3.05, 3.63) is 58.6 Å². The average Bonchev–Trinajstić information content (AvgIpc) is 2.97. The van der Waals surface area contributed by atoms with Crippen LogP contribution in [0.4, 0.5) is 11.4 Å². The second-order valence-electron chi connectivity index (χ2n) is 5.98. The lowest BCUT2D eigenvalue weighted by atomic mass is 10.1. The summed E-state index contributed by atoms with van der Waals surface area (Å²) in [5.41, 5.74) is 2.51. The van der Waals surface area contributed by atoms with Gasteiger partial charge in [-0.1, -0.05) is 23.7 Å². The lowest BCUT2D eigenvalue weighted by Gasteiger charge is -2.19. The Balaban J connectivity index is 1.76. The highest BCUT2D eigenvalue weighted by atomic mass is 35.5. The number of nitrogens with zero attached hydrogens (tertiary/aromatic N) is 2. The predicted octanol–water partition coefficient (Wildman–Crippen LogP) is 3.51. The number of hydrogen-bond acceptors (Lipinski definition) is 3. The SMILES string of the molecule is Cc1cc(Cl)ccc1N1CC(C(=O)Nc2ccccc2C#N)CC1=O. The van der Waals surface area contributed by atoms with Crippen molar-refractivity contribution < 1.29 is 9.59 Å². The summed E-state index contributed by atoms with van der Waals surface area (Å²) in [6.07, 6.45) is 0.141. The summed E-state index contributed by atoms with van der Waals surface area (Å²) < 4.78 is 0. The molecule has 0 saturated carbocycles. The lowest BCUT2D eigenvalue weighted by molar-refractivity contribution is -0.122. The van der Waals surface area contributed by atoms with Gasteiger partial charge in [0.15, 0.2) is 0 Å². The van der Waals surface area contributed by atoms with Crippen LogP contribution in [0.2, 0.25) is 5.02 Å². The van der Waals surface area contributed by atoms with E-state index in [2.05, 4.69) is 5.32 Å². The second-order valence-corrected chi connectivity index (χ2v) is 6.42. The molecule has 126 valence electrons. The van der Waals surface area contributed by atoms with Crippen LogP contribution in [0.3, 0.4) is 0 Å². The number of carbonyl (C=O) groups is 2. The van der Waals surface area contributed by atoms with E-state index in [1.807, 2.05) is 13.0 Å². The van der Waals surface area contributed by atoms with Crippen LogP contribution < -0.4 is 10.2 Å². The van der Waals surface area contributed by atoms with E-state index in [4.69, 9.17) is 16.9 Å². The first kappa shape index (κ1) is 17.0. The molecule has 0 aliphatic carbocycles. The molecular weight excluding hydrogens is 338 g/mol. The molecule has 2 aromatic carbocycles. The van der Waals surface area contributed by atoms with Crippen LogP contribution in [0.5, 0.6) is 0 Å². The zero-order valence-corrected chi connectivity index (χ0v) is 14.4. The Labute approximate surface area is 150 Å². The molecule has 25 heavy (non-hydrogen) atoms. The summed E-state index contributed by atoms with van der Waals surface area (Å²) in [7, 11) is 0. The molecular formula is C19H16ClN3O2. The van der Waals surface area contributed by atoms with Crippen molar-refractivity contribution in [3.8, 4) is 6.07 Å². The van der Waals surface area contributed by atoms with Gasteiger partial charge < -0.3 is 10.2 Å². The molecule has 5 nitrogen and oxygen atoms in total. The fourth-order valence-electron chi connectivity index (χ4n) is 2.96. The van der Waals surface area contributed by atoms with Gasteiger partial charge in [0.1, 0.15) is 6.07 Å². The largest absolute Gasteiger partial charge is 0.325 e. The standard InChI is InChI=1S/C19H16ClN3O2/c1-12-8-15(20)6-7-17(12)23-11-14(9-18(23)24)19(25)22-16-5-3-2-4-13(16)10-21/h2-8,14H,9,11H2,1H3,(H,22,25). The minimum Gasteiger partial charge on any atom is -0.325 e. The van der Waals surface area contributed by atoms with E-state index < -0.39 is 5.92 Å². The van der Waals surface area contributed by atoms with Crippen LogP contribution in [0.15, 0.2) is 42.5 Å². The maximum absolute atomic E-state index is 12.5. The first-order chi connectivity index (χ1) is 12.0. The molecule has 1 N–H and O–H groups in total. The van der Waals surface area contributed by atoms with E-state index in [9.17, 15) is 9.59 Å². The zero-order valence-electron chi connectivity index (χ0n) is 13.6. The highest BCUT2D eigenvalue weighted by Crippen LogP contribution is 2.30. The third-order valence-electron chi connectivity index (χ3n) is 4.25. The summed E-state index contributed by atoms with van der Waals surface area (Å²) in [4.78, 5) is 26.5. The molecule has 1 fully saturated rings. The summed E-state index contributed by atoms with van der Waals surface area (Å²) in [6.45, 7) is 2.19. The maximum Gasteiger partial charge on any atom is 0.229 e. The number of carbonyl (C=O) groups excluding carboxylic acids is 2. The smallest absolute Gasteiger partial charge is 0.229 e. The van der Waals surface area contributed by atoms with E-state index in [1.165, 1.54) is 0 Å². The van der Waals surface area contributed by atoms with Gasteiger partial charge in [0.25, 0.3) is 0 Å². The third-order valence-corrected chi connectivity index (χ3v) is 4.49. The van der Waals surface area contributed by atoms with Gasteiger partial charge in [-0.25, -0.2) is 0 Å². The Morgan fingerprint density at radius 3 is 2.80 bits per heavy atom. The van der Waals surface area contributed by atoms with Crippen molar-refractivity contribution in [1.82, 2.24) is 0 Å². The summed E-state index contributed by atoms with van der Waals surface area (Å²) in [5.74, 6) is -0.821. The van der Waals surface area contributed by atoms with Crippen molar-refractivity contribution in [3.63, 3.8) is 0 Å². The van der Waals surface area contributed by atoms with Gasteiger partial charge >= 0.3 is 0 Å². The van der Waals surface area contributed by atoms with Gasteiger partial charge in [-0.05, 0) is 42.8 Å². The molecule has 1 heterocycles. The molecule has 1 atom stereocenters. The fourth-order valence-corrected chi connectivity index (χ4v) is 3.19. The number of amides is 2. The summed E-state index contributed by atoms with van der Waals surface area (Å²) in [6, 6.07) is 14.2. The molecule has 3 rings (SSSR count). The van der Waals surface area contributed by atoms with Gasteiger partial charge in [0, 0.05) is 23.7 Å². The molecule has 0 radical (unpaired) electrons. The topological polar surface area (TPSA) is 73.2 Å². The molecule has 1 unspecified atom stereocenters. The molecule has 6 heteroatoms. The minimum absolute atomic E-state index is 0.0980. The third kappa shape index (κ3) is 3.49. The van der Waals surface area contributed by atoms with E-state index in [0.29, 0.717) is 22.8 Å². The lowest BCUT2D eigenvalue weighted by Crippen LogP contribution is -2.28. The normalized spacial score (nSPS) is 16.6. The molecule has 1 saturated heterocycles. The minimum atomic E-state index is -0.464. The quantitative estimate of drug-likeness (QED) is 0.917. The van der Waals surface area contributed by atoms with Crippen LogP contribution >= 0.6 is 11.6 Å². The van der Waals surface area contributed by atoms with E-state index in [1.54, 1.807) is 47.4 Å². The van der Waals surface area contributed by atoms with Crippen LogP contribution in [0.25, 0.3) is 0 Å². The van der Waals surface area contributed by atoms with Gasteiger partial charge in [0.2, 0.25) is 11.8 Å². The van der Waals surface area contributed by atoms with Crippen LogP contribution in [-0.4, -0.2) is 18.4 Å². The Bertz CT molecular complexity index is 888. The van der Waals surface area contributed by atoms with Gasteiger partial charge in [-0.15, -0.1) is 0 Å². The number of benzene rings is 2. The number of aryl methyl sites for hydroxylation is 1.